The van der Waals surface area contributed by atoms with Crippen molar-refractivity contribution in [2.45, 2.75) is 46.1 Å². The molecule has 180 valence electrons. The standard InChI is InChI=1S/C25H29ClN4O4/c1-16(2)27-22(31)13-6-7-14-29-24(33)18-9-4-5-12-21(18)30(25(29)34)15-23(32)28-20-11-8-10-19(26)17(20)3/h4-5,8-12,16,18H,6-7,13-15H2,1-3H3,(H-,27,28,31,32)/p+1. The molecule has 1 atom stereocenters. The summed E-state index contributed by atoms with van der Waals surface area (Å²) in [5.41, 5.74) is 1.77. The number of urea groups is 1. The summed E-state index contributed by atoms with van der Waals surface area (Å²) in [7, 11) is 0. The summed E-state index contributed by atoms with van der Waals surface area (Å²) in [4.78, 5) is 52.1. The Kier molecular flexibility index (Phi) is 8.39. The van der Waals surface area contributed by atoms with E-state index in [4.69, 9.17) is 11.6 Å². The smallest absolute Gasteiger partial charge is 0.354 e. The summed E-state index contributed by atoms with van der Waals surface area (Å²) in [6, 6.07) is 4.73. The summed E-state index contributed by atoms with van der Waals surface area (Å²) in [6.45, 7) is 5.52. The Morgan fingerprint density at radius 3 is 2.65 bits per heavy atom. The SMILES string of the molecule is Cc1c(Cl)cccc1NC(=O)C[N+]1=C2C=CC=CC2C(=O)N(CCCCC(=O)NC(C)C)C1=O. The van der Waals surface area contributed by atoms with Crippen LogP contribution in [0.25, 0.3) is 0 Å². The second-order valence-corrected chi connectivity index (χ2v) is 9.05. The maximum absolute atomic E-state index is 13.2. The number of nitrogens with one attached hydrogen (secondary N) is 2. The molecule has 0 fully saturated rings. The van der Waals surface area contributed by atoms with E-state index in [9.17, 15) is 19.2 Å². The maximum Gasteiger partial charge on any atom is 0.501 e. The minimum absolute atomic E-state index is 0.0584. The molecule has 0 radical (unpaired) electrons. The second-order valence-electron chi connectivity index (χ2n) is 8.65. The number of unbranched alkanes of at least 4 members (excludes halogenated alkanes) is 1. The molecule has 3 rings (SSSR count). The van der Waals surface area contributed by atoms with Gasteiger partial charge in [-0.05, 0) is 57.4 Å². The van der Waals surface area contributed by atoms with E-state index in [1.807, 2.05) is 13.8 Å². The number of hydrogen-bond acceptors (Lipinski definition) is 4. The fraction of sp³-hybridized carbons (Fsp3) is 0.400. The number of nitrogens with zero attached hydrogens (tertiary/aromatic N) is 2. The van der Waals surface area contributed by atoms with E-state index < -0.39 is 17.9 Å². The summed E-state index contributed by atoms with van der Waals surface area (Å²) in [5.74, 6) is -1.41. The molecule has 9 heteroatoms. The minimum Gasteiger partial charge on any atom is -0.354 e. The van der Waals surface area contributed by atoms with Crippen LogP contribution in [-0.4, -0.2) is 58.1 Å². The van der Waals surface area contributed by atoms with Crippen molar-refractivity contribution in [3.63, 3.8) is 0 Å². The molecule has 1 unspecified atom stereocenters. The molecule has 2 aliphatic rings. The minimum atomic E-state index is -0.632. The molecule has 1 aromatic carbocycles. The highest BCUT2D eigenvalue weighted by atomic mass is 35.5. The van der Waals surface area contributed by atoms with Crippen molar-refractivity contribution in [1.29, 1.82) is 0 Å². The molecule has 1 aliphatic carbocycles. The molecule has 0 spiro atoms. The van der Waals surface area contributed by atoms with Crippen LogP contribution >= 0.6 is 11.6 Å². The van der Waals surface area contributed by atoms with Gasteiger partial charge in [-0.3, -0.25) is 9.59 Å². The van der Waals surface area contributed by atoms with Gasteiger partial charge in [-0.1, -0.05) is 35.9 Å². The molecular weight excluding hydrogens is 456 g/mol. The van der Waals surface area contributed by atoms with Crippen molar-refractivity contribution in [2.24, 2.45) is 5.92 Å². The van der Waals surface area contributed by atoms with Gasteiger partial charge < -0.3 is 10.6 Å². The van der Waals surface area contributed by atoms with Gasteiger partial charge in [-0.2, -0.15) is 14.3 Å². The Hall–Kier alpha value is -3.26. The number of allylic oxidation sites excluding steroid dienone is 3. The van der Waals surface area contributed by atoms with Crippen molar-refractivity contribution in [3.05, 3.63) is 53.1 Å². The molecular formula is C25H30ClN4O4+. The third-order valence-electron chi connectivity index (χ3n) is 5.63. The number of fused-ring (bicyclic) bond motifs is 1. The van der Waals surface area contributed by atoms with Crippen LogP contribution in [0.4, 0.5) is 10.5 Å². The molecule has 0 bridgehead atoms. The third kappa shape index (κ3) is 5.99. The average molecular weight is 486 g/mol. The van der Waals surface area contributed by atoms with Gasteiger partial charge in [0.15, 0.2) is 6.54 Å². The third-order valence-corrected chi connectivity index (χ3v) is 6.04. The first kappa shape index (κ1) is 25.4. The van der Waals surface area contributed by atoms with Gasteiger partial charge in [0.1, 0.15) is 11.6 Å². The number of imide groups is 1. The number of benzene rings is 1. The molecule has 0 saturated carbocycles. The van der Waals surface area contributed by atoms with Gasteiger partial charge >= 0.3 is 11.9 Å². The number of amides is 5. The Balaban J connectivity index is 1.71. The molecule has 0 aromatic heterocycles. The molecule has 1 aliphatic heterocycles. The topological polar surface area (TPSA) is 98.6 Å². The van der Waals surface area contributed by atoms with Gasteiger partial charge in [0.25, 0.3) is 5.91 Å². The Bertz CT molecular complexity index is 1090. The fourth-order valence-corrected chi connectivity index (χ4v) is 4.08. The summed E-state index contributed by atoms with van der Waals surface area (Å²) >= 11 is 6.14. The highest BCUT2D eigenvalue weighted by Gasteiger charge is 2.46. The molecule has 2 N–H and O–H groups in total. The first-order chi connectivity index (χ1) is 16.2. The lowest BCUT2D eigenvalue weighted by Gasteiger charge is -2.26. The number of carbonyl (C=O) groups excluding carboxylic acids is 4. The highest BCUT2D eigenvalue weighted by molar-refractivity contribution is 6.31. The molecule has 5 amide bonds. The predicted molar refractivity (Wildman–Crippen MR) is 131 cm³/mol. The Labute approximate surface area is 204 Å². The summed E-state index contributed by atoms with van der Waals surface area (Å²) < 4.78 is 1.34. The van der Waals surface area contributed by atoms with Crippen molar-refractivity contribution in [1.82, 2.24) is 10.2 Å². The Morgan fingerprint density at radius 2 is 1.91 bits per heavy atom. The van der Waals surface area contributed by atoms with Crippen LogP contribution in [0, 0.1) is 12.8 Å². The number of rotatable bonds is 9. The molecule has 8 nitrogen and oxygen atoms in total. The highest BCUT2D eigenvalue weighted by Crippen LogP contribution is 2.24. The normalized spacial score (nSPS) is 17.3. The predicted octanol–water partition coefficient (Wildman–Crippen LogP) is 3.44. The number of anilines is 1. The zero-order chi connectivity index (χ0) is 24.8. The van der Waals surface area contributed by atoms with E-state index in [0.717, 1.165) is 5.56 Å². The summed E-state index contributed by atoms with van der Waals surface area (Å²) in [5, 5.41) is 6.15. The van der Waals surface area contributed by atoms with Crippen molar-refractivity contribution >= 4 is 46.8 Å². The quantitative estimate of drug-likeness (QED) is 0.413. The van der Waals surface area contributed by atoms with E-state index in [0.29, 0.717) is 35.7 Å². The van der Waals surface area contributed by atoms with Crippen molar-refractivity contribution < 1.29 is 23.8 Å². The monoisotopic (exact) mass is 485 g/mol. The zero-order valence-electron chi connectivity index (χ0n) is 19.6. The molecule has 1 aromatic rings. The molecule has 1 heterocycles. The second kappa shape index (κ2) is 11.2. The van der Waals surface area contributed by atoms with Crippen LogP contribution in [0.5, 0.6) is 0 Å². The molecule has 34 heavy (non-hydrogen) atoms. The van der Waals surface area contributed by atoms with E-state index >= 15 is 0 Å². The van der Waals surface area contributed by atoms with E-state index in [1.165, 1.54) is 9.48 Å². The van der Waals surface area contributed by atoms with Crippen LogP contribution < -0.4 is 10.6 Å². The first-order valence-electron chi connectivity index (χ1n) is 11.4. The van der Waals surface area contributed by atoms with Crippen LogP contribution in [0.3, 0.4) is 0 Å². The lowest BCUT2D eigenvalue weighted by Crippen LogP contribution is -2.55. The van der Waals surface area contributed by atoms with Gasteiger partial charge in [-0.15, -0.1) is 0 Å². The average Bonchev–Trinajstić information content (AvgIpc) is 2.78. The first-order valence-corrected chi connectivity index (χ1v) is 11.8. The van der Waals surface area contributed by atoms with Gasteiger partial charge in [-0.25, -0.2) is 4.79 Å². The van der Waals surface area contributed by atoms with Crippen LogP contribution in [0.1, 0.15) is 38.7 Å². The van der Waals surface area contributed by atoms with E-state index in [1.54, 1.807) is 49.4 Å². The van der Waals surface area contributed by atoms with Gasteiger partial charge in [0.2, 0.25) is 5.91 Å². The van der Waals surface area contributed by atoms with Gasteiger partial charge in [0.05, 0.1) is 6.54 Å². The lowest BCUT2D eigenvalue weighted by atomic mass is 9.94. The van der Waals surface area contributed by atoms with Gasteiger partial charge in [0, 0.05) is 23.2 Å². The van der Waals surface area contributed by atoms with Crippen LogP contribution in [0.15, 0.2) is 42.5 Å². The maximum atomic E-state index is 13.2. The summed E-state index contributed by atoms with van der Waals surface area (Å²) in [6.07, 6.45) is 8.26. The fourth-order valence-electron chi connectivity index (χ4n) is 3.91. The van der Waals surface area contributed by atoms with E-state index in [-0.39, 0.29) is 30.9 Å². The largest absolute Gasteiger partial charge is 0.501 e. The van der Waals surface area contributed by atoms with Crippen LogP contribution in [-0.2, 0) is 14.4 Å². The van der Waals surface area contributed by atoms with Crippen molar-refractivity contribution in [2.75, 3.05) is 18.4 Å². The number of halogens is 1. The molecule has 0 saturated heterocycles. The lowest BCUT2D eigenvalue weighted by molar-refractivity contribution is -0.427. The van der Waals surface area contributed by atoms with Crippen LogP contribution in [0.2, 0.25) is 5.02 Å². The van der Waals surface area contributed by atoms with Crippen molar-refractivity contribution in [3.8, 4) is 0 Å². The number of hydrogen-bond donors (Lipinski definition) is 2. The zero-order valence-corrected chi connectivity index (χ0v) is 20.4. The van der Waals surface area contributed by atoms with E-state index in [2.05, 4.69) is 10.6 Å². The Morgan fingerprint density at radius 1 is 1.15 bits per heavy atom. The number of carbonyl (C=O) groups is 4.